The van der Waals surface area contributed by atoms with Crippen molar-refractivity contribution < 1.29 is 34.2 Å². The van der Waals surface area contributed by atoms with Crippen LogP contribution in [-0.2, 0) is 24.0 Å². The summed E-state index contributed by atoms with van der Waals surface area (Å²) in [5, 5.41) is 25.6. The number of primary amides is 1. The number of aliphatic carboxylic acids is 1. The van der Waals surface area contributed by atoms with E-state index in [1.807, 2.05) is 13.8 Å². The van der Waals surface area contributed by atoms with Gasteiger partial charge in [0.2, 0.25) is 23.6 Å². The monoisotopic (exact) mass is 445 g/mol. The second-order valence-corrected chi connectivity index (χ2v) is 7.92. The maximum Gasteiger partial charge on any atom is 0.326 e. The van der Waals surface area contributed by atoms with E-state index in [0.717, 1.165) is 0 Å². The van der Waals surface area contributed by atoms with Gasteiger partial charge in [-0.1, -0.05) is 34.1 Å². The van der Waals surface area contributed by atoms with E-state index in [1.165, 1.54) is 0 Å². The third-order valence-corrected chi connectivity index (χ3v) is 4.69. The van der Waals surface area contributed by atoms with Crippen molar-refractivity contribution in [1.82, 2.24) is 16.0 Å². The fraction of sp³-hybridized carbons (Fsp3) is 0.737. The molecule has 0 fully saturated rings. The Bertz CT molecular complexity index is 656. The number of nitrogens with two attached hydrogens (primary N) is 2. The van der Waals surface area contributed by atoms with Crippen LogP contribution in [0.5, 0.6) is 0 Å². The van der Waals surface area contributed by atoms with Gasteiger partial charge in [0.1, 0.15) is 18.1 Å². The molecule has 0 aliphatic carbocycles. The van der Waals surface area contributed by atoms with Crippen molar-refractivity contribution in [2.75, 3.05) is 6.61 Å². The van der Waals surface area contributed by atoms with Crippen molar-refractivity contribution in [3.8, 4) is 0 Å². The van der Waals surface area contributed by atoms with Crippen LogP contribution in [0.15, 0.2) is 0 Å². The molecule has 178 valence electrons. The molecule has 0 radical (unpaired) electrons. The summed E-state index contributed by atoms with van der Waals surface area (Å²) in [6.45, 7) is 6.30. The Balaban J connectivity index is 5.32. The lowest BCUT2D eigenvalue weighted by atomic mass is 9.98. The Labute approximate surface area is 181 Å². The average Bonchev–Trinajstić information content (AvgIpc) is 2.67. The smallest absolute Gasteiger partial charge is 0.326 e. The van der Waals surface area contributed by atoms with Gasteiger partial charge in [-0.3, -0.25) is 19.2 Å². The Morgan fingerprint density at radius 1 is 0.903 bits per heavy atom. The van der Waals surface area contributed by atoms with Crippen LogP contribution in [0.4, 0.5) is 0 Å². The lowest BCUT2D eigenvalue weighted by Crippen LogP contribution is -2.59. The third-order valence-electron chi connectivity index (χ3n) is 4.69. The Hall–Kier alpha value is -2.73. The van der Waals surface area contributed by atoms with Crippen LogP contribution in [0.25, 0.3) is 0 Å². The van der Waals surface area contributed by atoms with Gasteiger partial charge in [0.25, 0.3) is 0 Å². The van der Waals surface area contributed by atoms with Crippen molar-refractivity contribution in [2.24, 2.45) is 23.3 Å². The molecule has 0 aromatic heterocycles. The summed E-state index contributed by atoms with van der Waals surface area (Å²) in [5.74, 6) is -5.03. The topological polar surface area (TPSA) is 214 Å². The highest BCUT2D eigenvalue weighted by Gasteiger charge is 2.32. The van der Waals surface area contributed by atoms with Crippen LogP contribution in [0, 0.1) is 11.8 Å². The molecule has 9 N–H and O–H groups in total. The maximum atomic E-state index is 12.5. The molecule has 5 atom stereocenters. The van der Waals surface area contributed by atoms with Crippen LogP contribution >= 0.6 is 0 Å². The minimum absolute atomic E-state index is 0.124. The van der Waals surface area contributed by atoms with E-state index < -0.39 is 72.7 Å². The highest BCUT2D eigenvalue weighted by molar-refractivity contribution is 5.96. The minimum Gasteiger partial charge on any atom is -0.480 e. The highest BCUT2D eigenvalue weighted by Crippen LogP contribution is 2.09. The van der Waals surface area contributed by atoms with E-state index in [9.17, 15) is 34.2 Å². The molecule has 5 unspecified atom stereocenters. The number of hydrogen-bond acceptors (Lipinski definition) is 7. The second-order valence-electron chi connectivity index (χ2n) is 7.92. The number of amides is 4. The van der Waals surface area contributed by atoms with Gasteiger partial charge >= 0.3 is 5.97 Å². The molecule has 0 saturated carbocycles. The van der Waals surface area contributed by atoms with Gasteiger partial charge in [0, 0.05) is 0 Å². The first-order chi connectivity index (χ1) is 14.3. The molecular weight excluding hydrogens is 410 g/mol. The van der Waals surface area contributed by atoms with Gasteiger partial charge in [-0.25, -0.2) is 4.79 Å². The van der Waals surface area contributed by atoms with Gasteiger partial charge in [-0.2, -0.15) is 0 Å². The van der Waals surface area contributed by atoms with Crippen LogP contribution < -0.4 is 27.4 Å². The lowest BCUT2D eigenvalue weighted by molar-refractivity contribution is -0.144. The molecule has 0 spiro atoms. The summed E-state index contributed by atoms with van der Waals surface area (Å²) in [6.07, 6.45) is 0.202. The summed E-state index contributed by atoms with van der Waals surface area (Å²) in [5.41, 5.74) is 10.9. The highest BCUT2D eigenvalue weighted by atomic mass is 16.4. The SMILES string of the molecule is CCC(C)C(NC(=O)C(CC(N)=O)NC(=O)C(CO)NC(=O)C(N)CC(C)C)C(=O)O. The number of rotatable bonds is 14. The molecule has 0 aliphatic heterocycles. The van der Waals surface area contributed by atoms with Crippen molar-refractivity contribution in [3.63, 3.8) is 0 Å². The molecule has 12 heteroatoms. The van der Waals surface area contributed by atoms with Crippen molar-refractivity contribution in [1.29, 1.82) is 0 Å². The first kappa shape index (κ1) is 28.3. The molecule has 0 saturated heterocycles. The fourth-order valence-electron chi connectivity index (χ4n) is 2.71. The summed E-state index contributed by atoms with van der Waals surface area (Å²) in [7, 11) is 0. The molecule has 0 aromatic rings. The molecule has 0 aliphatic rings. The zero-order valence-electron chi connectivity index (χ0n) is 18.4. The lowest BCUT2D eigenvalue weighted by Gasteiger charge is -2.25. The van der Waals surface area contributed by atoms with Crippen molar-refractivity contribution in [2.45, 2.75) is 71.1 Å². The van der Waals surface area contributed by atoms with Gasteiger partial charge in [-0.15, -0.1) is 0 Å². The number of carboxylic acid groups (broad SMARTS) is 1. The number of carbonyl (C=O) groups excluding carboxylic acids is 4. The van der Waals surface area contributed by atoms with E-state index in [-0.39, 0.29) is 5.92 Å². The van der Waals surface area contributed by atoms with Gasteiger partial charge in [0.05, 0.1) is 19.1 Å². The molecule has 12 nitrogen and oxygen atoms in total. The Morgan fingerprint density at radius 3 is 1.84 bits per heavy atom. The van der Waals surface area contributed by atoms with Crippen LogP contribution in [0.2, 0.25) is 0 Å². The Kier molecular flexibility index (Phi) is 12.4. The first-order valence-electron chi connectivity index (χ1n) is 10.1. The molecule has 0 aromatic carbocycles. The van der Waals surface area contributed by atoms with E-state index in [4.69, 9.17) is 11.5 Å². The minimum atomic E-state index is -1.49. The molecule has 31 heavy (non-hydrogen) atoms. The predicted molar refractivity (Wildman–Crippen MR) is 111 cm³/mol. The second kappa shape index (κ2) is 13.5. The maximum absolute atomic E-state index is 12.5. The van der Waals surface area contributed by atoms with Crippen molar-refractivity contribution in [3.05, 3.63) is 0 Å². The van der Waals surface area contributed by atoms with E-state index >= 15 is 0 Å². The molecule has 0 rings (SSSR count). The molecule has 4 amide bonds. The Morgan fingerprint density at radius 2 is 1.42 bits per heavy atom. The number of aliphatic hydroxyl groups is 1. The van der Waals surface area contributed by atoms with Crippen LogP contribution in [0.3, 0.4) is 0 Å². The predicted octanol–water partition coefficient (Wildman–Crippen LogP) is -2.19. The summed E-state index contributed by atoms with van der Waals surface area (Å²) in [4.78, 5) is 59.9. The average molecular weight is 446 g/mol. The first-order valence-corrected chi connectivity index (χ1v) is 10.1. The number of carbonyl (C=O) groups is 5. The summed E-state index contributed by atoms with van der Waals surface area (Å²) >= 11 is 0. The molecule has 0 heterocycles. The number of aliphatic hydroxyl groups excluding tert-OH is 1. The molecule has 0 bridgehead atoms. The van der Waals surface area contributed by atoms with E-state index in [2.05, 4.69) is 16.0 Å². The summed E-state index contributed by atoms with van der Waals surface area (Å²) < 4.78 is 0. The van der Waals surface area contributed by atoms with Crippen LogP contribution in [-0.4, -0.2) is 70.6 Å². The zero-order valence-corrected chi connectivity index (χ0v) is 18.4. The standard InChI is InChI=1S/C19H35N5O7/c1-5-10(4)15(19(30)31)24-17(28)12(7-14(21)26)22-18(29)13(8-25)23-16(27)11(20)6-9(2)3/h9-13,15,25H,5-8,20H2,1-4H3,(H2,21,26)(H,22,29)(H,23,27)(H,24,28)(H,30,31). The largest absolute Gasteiger partial charge is 0.480 e. The normalized spacial score (nSPS) is 15.8. The van der Waals surface area contributed by atoms with Crippen molar-refractivity contribution >= 4 is 29.6 Å². The summed E-state index contributed by atoms with van der Waals surface area (Å²) in [6, 6.07) is -5.07. The number of carboxylic acids is 1. The fourth-order valence-corrected chi connectivity index (χ4v) is 2.71. The van der Waals surface area contributed by atoms with E-state index in [0.29, 0.717) is 12.8 Å². The van der Waals surface area contributed by atoms with Gasteiger partial charge in [-0.05, 0) is 18.3 Å². The quantitative estimate of drug-likeness (QED) is 0.155. The number of hydrogen-bond donors (Lipinski definition) is 7. The molecular formula is C19H35N5O7. The third kappa shape index (κ3) is 10.2. The number of nitrogens with one attached hydrogen (secondary N) is 3. The van der Waals surface area contributed by atoms with Gasteiger partial charge < -0.3 is 37.6 Å². The zero-order chi connectivity index (χ0) is 24.3. The van der Waals surface area contributed by atoms with Gasteiger partial charge in [0.15, 0.2) is 0 Å². The van der Waals surface area contributed by atoms with E-state index in [1.54, 1.807) is 13.8 Å². The van der Waals surface area contributed by atoms with Crippen LogP contribution in [0.1, 0.15) is 47.0 Å².